The van der Waals surface area contributed by atoms with Crippen LogP contribution in [0.15, 0.2) is 267 Å². The van der Waals surface area contributed by atoms with Crippen molar-refractivity contribution in [3.8, 4) is 61.3 Å². The standard InChI is InChI=1S/C64H44N2/c1-4-15-45(16-5-1)47-29-31-48(32-30-47)49-33-38-56(39-34-49)65(57-40-35-50(36-41-57)53-21-12-20-52(43-53)46-17-6-2-7-18-46)58-25-13-22-54(44-58)59-27-14-28-62-63(59)61-42-37-51-19-10-11-26-60(51)64(61)66(62)55-23-8-3-9-24-55/h1-44H. The Morgan fingerprint density at radius 2 is 0.742 bits per heavy atom. The average molecular weight is 841 g/mol. The zero-order valence-corrected chi connectivity index (χ0v) is 36.3. The van der Waals surface area contributed by atoms with E-state index in [9.17, 15) is 0 Å². The van der Waals surface area contributed by atoms with E-state index in [-0.39, 0.29) is 0 Å². The van der Waals surface area contributed by atoms with Crippen molar-refractivity contribution in [2.24, 2.45) is 0 Å². The Hall–Kier alpha value is -8.72. The number of hydrogen-bond donors (Lipinski definition) is 0. The molecule has 0 saturated carbocycles. The topological polar surface area (TPSA) is 8.17 Å². The lowest BCUT2D eigenvalue weighted by molar-refractivity contribution is 1.19. The Balaban J connectivity index is 0.976. The highest BCUT2D eigenvalue weighted by molar-refractivity contribution is 6.22. The van der Waals surface area contributed by atoms with Crippen molar-refractivity contribution in [2.75, 3.05) is 4.90 Å². The second-order valence-corrected chi connectivity index (χ2v) is 16.9. The number of fused-ring (bicyclic) bond motifs is 5. The summed E-state index contributed by atoms with van der Waals surface area (Å²) < 4.78 is 2.44. The van der Waals surface area contributed by atoms with Gasteiger partial charge >= 0.3 is 0 Å². The lowest BCUT2D eigenvalue weighted by Gasteiger charge is -2.26. The van der Waals surface area contributed by atoms with E-state index >= 15 is 0 Å². The molecule has 0 aliphatic carbocycles. The molecular weight excluding hydrogens is 797 g/mol. The van der Waals surface area contributed by atoms with Gasteiger partial charge < -0.3 is 9.47 Å². The van der Waals surface area contributed by atoms with Gasteiger partial charge in [0.15, 0.2) is 0 Å². The zero-order chi connectivity index (χ0) is 43.8. The molecule has 2 heteroatoms. The predicted octanol–water partition coefficient (Wildman–Crippen LogP) is 17.7. The molecule has 0 atom stereocenters. The van der Waals surface area contributed by atoms with E-state index < -0.39 is 0 Å². The highest BCUT2D eigenvalue weighted by Crippen LogP contribution is 2.44. The van der Waals surface area contributed by atoms with Crippen LogP contribution in [0.25, 0.3) is 93.9 Å². The molecule has 12 aromatic rings. The summed E-state index contributed by atoms with van der Waals surface area (Å²) in [5.41, 5.74) is 18.8. The van der Waals surface area contributed by atoms with Crippen LogP contribution in [0.1, 0.15) is 0 Å². The molecule has 1 aromatic heterocycles. The summed E-state index contributed by atoms with van der Waals surface area (Å²) in [6.07, 6.45) is 0. The van der Waals surface area contributed by atoms with Crippen molar-refractivity contribution in [1.82, 2.24) is 4.57 Å². The van der Waals surface area contributed by atoms with Crippen molar-refractivity contribution >= 4 is 49.6 Å². The number of anilines is 3. The lowest BCUT2D eigenvalue weighted by atomic mass is 9.97. The van der Waals surface area contributed by atoms with E-state index in [4.69, 9.17) is 0 Å². The maximum absolute atomic E-state index is 2.44. The van der Waals surface area contributed by atoms with Gasteiger partial charge in [0, 0.05) is 38.9 Å². The minimum atomic E-state index is 1.08. The first kappa shape index (κ1) is 38.9. The zero-order valence-electron chi connectivity index (χ0n) is 36.3. The normalized spacial score (nSPS) is 11.3. The molecule has 12 rings (SSSR count). The van der Waals surface area contributed by atoms with Crippen LogP contribution >= 0.6 is 0 Å². The Morgan fingerprint density at radius 3 is 1.38 bits per heavy atom. The molecule has 0 bridgehead atoms. The maximum Gasteiger partial charge on any atom is 0.0619 e. The van der Waals surface area contributed by atoms with Crippen molar-refractivity contribution in [2.45, 2.75) is 0 Å². The SMILES string of the molecule is c1ccc(-c2ccc(-c3ccc(N(c4ccc(-c5cccc(-c6ccccc6)c5)cc4)c4cccc(-c5cccc6c5c5ccc7ccccc7c5n6-c5ccccc5)c4)cc3)cc2)cc1. The Morgan fingerprint density at radius 1 is 0.273 bits per heavy atom. The third-order valence-electron chi connectivity index (χ3n) is 13.0. The van der Waals surface area contributed by atoms with Crippen LogP contribution in [0, 0.1) is 0 Å². The van der Waals surface area contributed by atoms with Crippen molar-refractivity contribution in [3.63, 3.8) is 0 Å². The van der Waals surface area contributed by atoms with Gasteiger partial charge in [0.25, 0.3) is 0 Å². The number of rotatable bonds is 9. The summed E-state index contributed by atoms with van der Waals surface area (Å²) in [7, 11) is 0. The summed E-state index contributed by atoms with van der Waals surface area (Å²) in [5.74, 6) is 0. The van der Waals surface area contributed by atoms with Crippen LogP contribution < -0.4 is 4.90 Å². The summed E-state index contributed by atoms with van der Waals surface area (Å²) in [6.45, 7) is 0. The van der Waals surface area contributed by atoms with Crippen LogP contribution in [0.5, 0.6) is 0 Å². The highest BCUT2D eigenvalue weighted by Gasteiger charge is 2.20. The summed E-state index contributed by atoms with van der Waals surface area (Å²) in [6, 6.07) is 96.8. The lowest BCUT2D eigenvalue weighted by Crippen LogP contribution is -2.10. The van der Waals surface area contributed by atoms with Gasteiger partial charge in [-0.2, -0.15) is 0 Å². The fourth-order valence-corrected chi connectivity index (χ4v) is 9.77. The summed E-state index contributed by atoms with van der Waals surface area (Å²) in [5, 5.41) is 4.96. The van der Waals surface area contributed by atoms with E-state index in [0.29, 0.717) is 0 Å². The molecule has 0 N–H and O–H groups in total. The minimum absolute atomic E-state index is 1.08. The largest absolute Gasteiger partial charge is 0.310 e. The van der Waals surface area contributed by atoms with Gasteiger partial charge in [-0.25, -0.2) is 0 Å². The van der Waals surface area contributed by atoms with E-state index in [0.717, 1.165) is 28.3 Å². The fourth-order valence-electron chi connectivity index (χ4n) is 9.77. The molecule has 0 unspecified atom stereocenters. The van der Waals surface area contributed by atoms with Gasteiger partial charge in [0.2, 0.25) is 0 Å². The van der Waals surface area contributed by atoms with Gasteiger partial charge in [-0.05, 0) is 122 Å². The quantitative estimate of drug-likeness (QED) is 0.141. The molecule has 0 aliphatic heterocycles. The van der Waals surface area contributed by atoms with Gasteiger partial charge in [0.05, 0.1) is 11.0 Å². The second-order valence-electron chi connectivity index (χ2n) is 16.9. The Kier molecular flexibility index (Phi) is 9.89. The Labute approximate surface area is 385 Å². The molecule has 0 amide bonds. The van der Waals surface area contributed by atoms with E-state index in [1.54, 1.807) is 0 Å². The molecule has 66 heavy (non-hydrogen) atoms. The van der Waals surface area contributed by atoms with Gasteiger partial charge in [-0.1, -0.05) is 206 Å². The van der Waals surface area contributed by atoms with Crippen LogP contribution in [-0.4, -0.2) is 4.57 Å². The number of hydrogen-bond acceptors (Lipinski definition) is 1. The first-order chi connectivity index (χ1) is 32.7. The van der Waals surface area contributed by atoms with Crippen LogP contribution in [0.4, 0.5) is 17.1 Å². The number of benzene rings is 11. The molecule has 0 saturated heterocycles. The number of para-hydroxylation sites is 1. The third kappa shape index (κ3) is 7.12. The first-order valence-corrected chi connectivity index (χ1v) is 22.7. The van der Waals surface area contributed by atoms with Crippen molar-refractivity contribution in [3.05, 3.63) is 267 Å². The Bertz CT molecular complexity index is 3650. The molecule has 2 nitrogen and oxygen atoms in total. The van der Waals surface area contributed by atoms with Gasteiger partial charge in [-0.15, -0.1) is 0 Å². The number of aromatic nitrogens is 1. The van der Waals surface area contributed by atoms with Crippen molar-refractivity contribution in [1.29, 1.82) is 0 Å². The van der Waals surface area contributed by atoms with Crippen molar-refractivity contribution < 1.29 is 0 Å². The van der Waals surface area contributed by atoms with Crippen LogP contribution in [0.3, 0.4) is 0 Å². The molecule has 11 aromatic carbocycles. The molecule has 0 fully saturated rings. The van der Waals surface area contributed by atoms with Gasteiger partial charge in [0.1, 0.15) is 0 Å². The summed E-state index contributed by atoms with van der Waals surface area (Å²) >= 11 is 0. The summed E-state index contributed by atoms with van der Waals surface area (Å²) in [4.78, 5) is 2.39. The second kappa shape index (κ2) is 16.8. The molecule has 0 spiro atoms. The molecular formula is C64H44N2. The predicted molar refractivity (Wildman–Crippen MR) is 280 cm³/mol. The molecule has 0 radical (unpaired) electrons. The number of nitrogens with zero attached hydrogens (tertiary/aromatic N) is 2. The van der Waals surface area contributed by atoms with Gasteiger partial charge in [-0.3, -0.25) is 0 Å². The smallest absolute Gasteiger partial charge is 0.0619 e. The average Bonchev–Trinajstić information content (AvgIpc) is 3.75. The fraction of sp³-hybridized carbons (Fsp3) is 0. The molecule has 310 valence electrons. The van der Waals surface area contributed by atoms with E-state index in [2.05, 4.69) is 276 Å². The molecule has 0 aliphatic rings. The third-order valence-corrected chi connectivity index (χ3v) is 13.0. The monoisotopic (exact) mass is 840 g/mol. The van der Waals surface area contributed by atoms with E-state index in [1.807, 2.05) is 0 Å². The first-order valence-electron chi connectivity index (χ1n) is 22.7. The maximum atomic E-state index is 2.44. The molecule has 1 heterocycles. The van der Waals surface area contributed by atoms with E-state index in [1.165, 1.54) is 82.6 Å². The van der Waals surface area contributed by atoms with Crippen LogP contribution in [-0.2, 0) is 0 Å². The minimum Gasteiger partial charge on any atom is -0.310 e. The highest BCUT2D eigenvalue weighted by atomic mass is 15.1. The van der Waals surface area contributed by atoms with Crippen LogP contribution in [0.2, 0.25) is 0 Å².